The van der Waals surface area contributed by atoms with Crippen LogP contribution in [0.5, 0.6) is 0 Å². The molecule has 1 fully saturated rings. The van der Waals surface area contributed by atoms with Crippen LogP contribution in [0.15, 0.2) is 22.8 Å². The summed E-state index contributed by atoms with van der Waals surface area (Å²) in [4.78, 5) is 37.7. The van der Waals surface area contributed by atoms with Gasteiger partial charge in [0, 0.05) is 25.7 Å². The molecular formula is C25H36O8. The fourth-order valence-electron chi connectivity index (χ4n) is 6.00. The Morgan fingerprint density at radius 1 is 1.03 bits per heavy atom. The Bertz CT molecular complexity index is 931. The first-order valence-electron chi connectivity index (χ1n) is 11.4. The topological polar surface area (TPSA) is 130 Å². The Hall–Kier alpha value is -2.03. The van der Waals surface area contributed by atoms with Crippen molar-refractivity contribution in [3.63, 3.8) is 0 Å². The van der Waals surface area contributed by atoms with Crippen molar-refractivity contribution in [1.82, 2.24) is 0 Å². The molecule has 0 saturated heterocycles. The minimum absolute atomic E-state index is 0.0270. The number of aliphatic hydroxyl groups is 3. The van der Waals surface area contributed by atoms with Gasteiger partial charge >= 0.3 is 11.9 Å². The number of aliphatic hydroxyl groups excluding tert-OH is 3. The zero-order valence-electron chi connectivity index (χ0n) is 20.5. The highest BCUT2D eigenvalue weighted by atomic mass is 16.5. The second-order valence-corrected chi connectivity index (χ2v) is 10.8. The molecule has 1 saturated carbocycles. The van der Waals surface area contributed by atoms with E-state index in [4.69, 9.17) is 9.47 Å². The molecule has 0 aliphatic heterocycles. The van der Waals surface area contributed by atoms with E-state index in [2.05, 4.69) is 0 Å². The van der Waals surface area contributed by atoms with E-state index in [1.807, 2.05) is 20.8 Å². The first-order chi connectivity index (χ1) is 15.1. The van der Waals surface area contributed by atoms with Gasteiger partial charge in [-0.3, -0.25) is 14.4 Å². The summed E-state index contributed by atoms with van der Waals surface area (Å²) in [7, 11) is 0. The lowest BCUT2D eigenvalue weighted by Crippen LogP contribution is -2.59. The molecule has 8 nitrogen and oxygen atoms in total. The van der Waals surface area contributed by atoms with Gasteiger partial charge in [0.05, 0.1) is 17.6 Å². The summed E-state index contributed by atoms with van der Waals surface area (Å²) in [5.41, 5.74) is -1.67. The number of rotatable bonds is 2. The van der Waals surface area contributed by atoms with Gasteiger partial charge < -0.3 is 24.8 Å². The molecule has 0 spiro atoms. The van der Waals surface area contributed by atoms with Crippen molar-refractivity contribution in [3.8, 4) is 0 Å². The van der Waals surface area contributed by atoms with Crippen molar-refractivity contribution in [1.29, 1.82) is 0 Å². The van der Waals surface area contributed by atoms with Crippen LogP contribution in [0, 0.1) is 16.2 Å². The molecule has 7 atom stereocenters. The Morgan fingerprint density at radius 2 is 1.61 bits per heavy atom. The van der Waals surface area contributed by atoms with Gasteiger partial charge in [-0.1, -0.05) is 20.8 Å². The fourth-order valence-corrected chi connectivity index (χ4v) is 6.00. The van der Waals surface area contributed by atoms with Crippen LogP contribution >= 0.6 is 0 Å². The van der Waals surface area contributed by atoms with E-state index in [0.717, 1.165) is 0 Å². The van der Waals surface area contributed by atoms with Crippen LogP contribution in [0.25, 0.3) is 0 Å². The van der Waals surface area contributed by atoms with Gasteiger partial charge in [0.2, 0.25) is 0 Å². The second-order valence-electron chi connectivity index (χ2n) is 10.8. The Kier molecular flexibility index (Phi) is 6.45. The molecule has 3 aliphatic rings. The fraction of sp³-hybridized carbons (Fsp3) is 0.720. The number of hydrogen-bond acceptors (Lipinski definition) is 8. The van der Waals surface area contributed by atoms with Crippen LogP contribution in [-0.2, 0) is 23.9 Å². The van der Waals surface area contributed by atoms with Crippen molar-refractivity contribution >= 4 is 17.7 Å². The van der Waals surface area contributed by atoms with Gasteiger partial charge in [-0.15, -0.1) is 0 Å². The van der Waals surface area contributed by atoms with Crippen LogP contribution in [-0.4, -0.2) is 63.6 Å². The molecule has 0 radical (unpaired) electrons. The van der Waals surface area contributed by atoms with Crippen molar-refractivity contribution in [2.45, 2.75) is 98.2 Å². The third kappa shape index (κ3) is 3.96. The molecule has 4 bridgehead atoms. The minimum atomic E-state index is -1.56. The molecule has 0 heterocycles. The molecular weight excluding hydrogens is 428 g/mol. The molecule has 3 rings (SSSR count). The average Bonchev–Trinajstić information content (AvgIpc) is 2.67. The highest BCUT2D eigenvalue weighted by Crippen LogP contribution is 2.59. The zero-order chi connectivity index (χ0) is 25.1. The molecule has 0 aromatic heterocycles. The lowest BCUT2D eigenvalue weighted by atomic mass is 9.50. The number of carbonyl (C=O) groups excluding carboxylic acids is 3. The highest BCUT2D eigenvalue weighted by molar-refractivity contribution is 5.92. The van der Waals surface area contributed by atoms with Crippen LogP contribution in [0.1, 0.15) is 67.7 Å². The molecule has 3 aliphatic carbocycles. The number of carbonyl (C=O) groups is 3. The molecule has 7 unspecified atom stereocenters. The number of ether oxygens (including phenoxy) is 2. The molecule has 0 amide bonds. The lowest BCUT2D eigenvalue weighted by molar-refractivity contribution is -0.165. The summed E-state index contributed by atoms with van der Waals surface area (Å²) >= 11 is 0. The normalized spacial score (nSPS) is 40.6. The number of hydrogen-bond donors (Lipinski definition) is 3. The summed E-state index contributed by atoms with van der Waals surface area (Å²) in [5, 5.41) is 33.0. The van der Waals surface area contributed by atoms with Gasteiger partial charge in [-0.05, 0) is 54.9 Å². The third-order valence-electron chi connectivity index (χ3n) is 8.48. The number of ketones is 1. The maximum absolute atomic E-state index is 13.7. The number of Topliss-reactive ketones (excluding diaryl/α,β-unsaturated/α-hetero) is 1. The van der Waals surface area contributed by atoms with Crippen LogP contribution in [0.4, 0.5) is 0 Å². The van der Waals surface area contributed by atoms with Gasteiger partial charge in [-0.2, -0.15) is 0 Å². The molecule has 8 heteroatoms. The van der Waals surface area contributed by atoms with E-state index < -0.39 is 64.5 Å². The summed E-state index contributed by atoms with van der Waals surface area (Å²) in [5.74, 6) is -1.58. The maximum Gasteiger partial charge on any atom is 0.303 e. The van der Waals surface area contributed by atoms with E-state index in [1.54, 1.807) is 19.9 Å². The predicted octanol–water partition coefficient (Wildman–Crippen LogP) is 1.99. The first kappa shape index (κ1) is 25.6. The Balaban J connectivity index is 2.36. The molecule has 33 heavy (non-hydrogen) atoms. The van der Waals surface area contributed by atoms with Gasteiger partial charge in [0.15, 0.2) is 5.78 Å². The van der Waals surface area contributed by atoms with Crippen LogP contribution in [0.3, 0.4) is 0 Å². The largest absolute Gasteiger partial charge is 0.458 e. The van der Waals surface area contributed by atoms with Crippen LogP contribution in [0.2, 0.25) is 0 Å². The van der Waals surface area contributed by atoms with E-state index in [1.165, 1.54) is 13.8 Å². The van der Waals surface area contributed by atoms with E-state index in [0.29, 0.717) is 16.7 Å². The molecule has 184 valence electrons. The quantitative estimate of drug-likeness (QED) is 0.418. The van der Waals surface area contributed by atoms with Crippen molar-refractivity contribution in [2.75, 3.05) is 0 Å². The lowest BCUT2D eigenvalue weighted by Gasteiger charge is -2.56. The van der Waals surface area contributed by atoms with Crippen molar-refractivity contribution in [3.05, 3.63) is 22.8 Å². The summed E-state index contributed by atoms with van der Waals surface area (Å²) in [6.45, 7) is 11.5. The summed E-state index contributed by atoms with van der Waals surface area (Å²) in [6, 6.07) is 0. The smallest absolute Gasteiger partial charge is 0.303 e. The Labute approximate surface area is 194 Å². The first-order valence-corrected chi connectivity index (χ1v) is 11.4. The number of esters is 2. The SMILES string of the molecule is CC(=O)OC1CC2(C)C(OC(C)=O)C=C3CC(C)(C(=O)C(O)C(=C1C)C2(C)C)C(O)CC3O. The highest BCUT2D eigenvalue weighted by Gasteiger charge is 2.60. The van der Waals surface area contributed by atoms with E-state index in [-0.39, 0.29) is 19.3 Å². The van der Waals surface area contributed by atoms with Crippen molar-refractivity contribution in [2.24, 2.45) is 16.2 Å². The average molecular weight is 465 g/mol. The van der Waals surface area contributed by atoms with Crippen molar-refractivity contribution < 1.29 is 39.2 Å². The molecule has 3 N–H and O–H groups in total. The van der Waals surface area contributed by atoms with E-state index in [9.17, 15) is 29.7 Å². The van der Waals surface area contributed by atoms with E-state index >= 15 is 0 Å². The third-order valence-corrected chi connectivity index (χ3v) is 8.48. The zero-order valence-corrected chi connectivity index (χ0v) is 20.5. The minimum Gasteiger partial charge on any atom is -0.458 e. The summed E-state index contributed by atoms with van der Waals surface area (Å²) in [6.07, 6.45) is -3.40. The second kappa shape index (κ2) is 8.32. The number of fused-ring (bicyclic) bond motifs is 4. The predicted molar refractivity (Wildman–Crippen MR) is 119 cm³/mol. The van der Waals surface area contributed by atoms with Gasteiger partial charge in [-0.25, -0.2) is 0 Å². The molecule has 0 aromatic carbocycles. The standard InChI is InChI=1S/C25H36O8/c1-12-17(32-13(2)26)11-25(7)19(33-14(3)27)8-15-10-24(6,18(29)9-16(15)28)22(31)21(30)20(12)23(25,4)5/h8,16-19,21,28-30H,9-11H2,1-7H3. The Morgan fingerprint density at radius 3 is 2.15 bits per heavy atom. The molecule has 0 aromatic rings. The van der Waals surface area contributed by atoms with Crippen LogP contribution < -0.4 is 0 Å². The summed E-state index contributed by atoms with van der Waals surface area (Å²) < 4.78 is 11.4. The maximum atomic E-state index is 13.7. The van der Waals surface area contributed by atoms with Gasteiger partial charge in [0.25, 0.3) is 0 Å². The monoisotopic (exact) mass is 464 g/mol. The van der Waals surface area contributed by atoms with Gasteiger partial charge in [0.1, 0.15) is 18.3 Å².